The van der Waals surface area contributed by atoms with Gasteiger partial charge in [0.25, 0.3) is 5.91 Å². The number of carbonyl (C=O) groups is 1. The van der Waals surface area contributed by atoms with Gasteiger partial charge in [-0.05, 0) is 49.2 Å². The Morgan fingerprint density at radius 1 is 1.15 bits per heavy atom. The van der Waals surface area contributed by atoms with Crippen LogP contribution in [0.2, 0.25) is 0 Å². The number of ether oxygens (including phenoxy) is 1. The van der Waals surface area contributed by atoms with E-state index in [4.69, 9.17) is 4.74 Å². The Morgan fingerprint density at radius 3 is 2.45 bits per heavy atom. The molecular weight excluding hydrogens is 257 g/mol. The minimum atomic E-state index is -0.480. The molecule has 0 heterocycles. The van der Waals surface area contributed by atoms with Gasteiger partial charge >= 0.3 is 0 Å². The largest absolute Gasteiger partial charge is 0.481 e. The summed E-state index contributed by atoms with van der Waals surface area (Å²) >= 11 is 0. The lowest BCUT2D eigenvalue weighted by Crippen LogP contribution is -2.20. The molecule has 0 atom stereocenters. The summed E-state index contributed by atoms with van der Waals surface area (Å²) in [6.07, 6.45) is 0. The van der Waals surface area contributed by atoms with Gasteiger partial charge < -0.3 is 10.1 Å². The maximum atomic E-state index is 13.3. The highest BCUT2D eigenvalue weighted by molar-refractivity contribution is 5.92. The van der Waals surface area contributed by atoms with Gasteiger partial charge in [0.2, 0.25) is 0 Å². The summed E-state index contributed by atoms with van der Waals surface area (Å²) in [7, 11) is 0. The normalized spacial score (nSPS) is 10.2. The highest BCUT2D eigenvalue weighted by Crippen LogP contribution is 2.16. The van der Waals surface area contributed by atoms with Gasteiger partial charge in [0.05, 0.1) is 0 Å². The Balaban J connectivity index is 1.94. The van der Waals surface area contributed by atoms with E-state index >= 15 is 0 Å². The van der Waals surface area contributed by atoms with Crippen molar-refractivity contribution in [1.82, 2.24) is 0 Å². The molecule has 0 aliphatic heterocycles. The molecule has 0 saturated heterocycles. The fourth-order valence-electron chi connectivity index (χ4n) is 1.95. The van der Waals surface area contributed by atoms with Crippen LogP contribution in [0.15, 0.2) is 42.5 Å². The van der Waals surface area contributed by atoms with E-state index in [2.05, 4.69) is 5.32 Å². The molecule has 0 spiro atoms. The molecule has 0 bridgehead atoms. The number of anilines is 1. The van der Waals surface area contributed by atoms with Crippen molar-refractivity contribution in [2.75, 3.05) is 11.9 Å². The monoisotopic (exact) mass is 273 g/mol. The molecule has 104 valence electrons. The standard InChI is InChI=1S/C16H16FNO2/c1-11-7-12(2)9-13(8-11)18-16(19)10-20-15-6-4-3-5-14(15)17/h3-9H,10H2,1-2H3,(H,18,19). The minimum absolute atomic E-state index is 0.0723. The van der Waals surface area contributed by atoms with Gasteiger partial charge in [-0.25, -0.2) is 4.39 Å². The number of nitrogens with one attached hydrogen (secondary N) is 1. The molecule has 0 fully saturated rings. The number of rotatable bonds is 4. The number of benzene rings is 2. The fourth-order valence-corrected chi connectivity index (χ4v) is 1.95. The molecule has 2 rings (SSSR count). The van der Waals surface area contributed by atoms with Gasteiger partial charge in [0, 0.05) is 5.69 Å². The van der Waals surface area contributed by atoms with E-state index in [0.717, 1.165) is 11.1 Å². The zero-order valence-electron chi connectivity index (χ0n) is 11.4. The van der Waals surface area contributed by atoms with Crippen LogP contribution in [0.25, 0.3) is 0 Å². The Morgan fingerprint density at radius 2 is 1.80 bits per heavy atom. The van der Waals surface area contributed by atoms with Crippen molar-refractivity contribution in [2.24, 2.45) is 0 Å². The molecule has 0 aromatic heterocycles. The van der Waals surface area contributed by atoms with E-state index in [1.165, 1.54) is 12.1 Å². The molecule has 2 aromatic rings. The van der Waals surface area contributed by atoms with Crippen molar-refractivity contribution < 1.29 is 13.9 Å². The fraction of sp³-hybridized carbons (Fsp3) is 0.188. The number of hydrogen-bond donors (Lipinski definition) is 1. The second-order valence-corrected chi connectivity index (χ2v) is 4.64. The van der Waals surface area contributed by atoms with Crippen LogP contribution in [-0.2, 0) is 4.79 Å². The third-order valence-corrected chi connectivity index (χ3v) is 2.70. The highest BCUT2D eigenvalue weighted by Gasteiger charge is 2.07. The van der Waals surface area contributed by atoms with Crippen LogP contribution in [0.4, 0.5) is 10.1 Å². The first-order chi connectivity index (χ1) is 9.54. The van der Waals surface area contributed by atoms with Gasteiger partial charge in [-0.15, -0.1) is 0 Å². The molecule has 3 nitrogen and oxygen atoms in total. The van der Waals surface area contributed by atoms with Crippen LogP contribution in [0.1, 0.15) is 11.1 Å². The molecular formula is C16H16FNO2. The average Bonchev–Trinajstić information content (AvgIpc) is 2.36. The number of carbonyl (C=O) groups excluding carboxylic acids is 1. The van der Waals surface area contributed by atoms with Crippen LogP contribution in [0.5, 0.6) is 5.75 Å². The second-order valence-electron chi connectivity index (χ2n) is 4.64. The average molecular weight is 273 g/mol. The number of para-hydroxylation sites is 1. The highest BCUT2D eigenvalue weighted by atomic mass is 19.1. The smallest absolute Gasteiger partial charge is 0.262 e. The van der Waals surface area contributed by atoms with Gasteiger partial charge in [-0.2, -0.15) is 0 Å². The molecule has 0 radical (unpaired) electrons. The lowest BCUT2D eigenvalue weighted by molar-refractivity contribution is -0.118. The van der Waals surface area contributed by atoms with Gasteiger partial charge in [0.15, 0.2) is 18.2 Å². The Hall–Kier alpha value is -2.36. The van der Waals surface area contributed by atoms with Crippen molar-refractivity contribution in [3.05, 3.63) is 59.4 Å². The first-order valence-electron chi connectivity index (χ1n) is 6.30. The quantitative estimate of drug-likeness (QED) is 0.926. The predicted molar refractivity (Wildman–Crippen MR) is 76.4 cm³/mol. The molecule has 0 aliphatic rings. The third-order valence-electron chi connectivity index (χ3n) is 2.70. The Labute approximate surface area is 117 Å². The number of hydrogen-bond acceptors (Lipinski definition) is 2. The summed E-state index contributed by atoms with van der Waals surface area (Å²) in [6, 6.07) is 11.8. The van der Waals surface area contributed by atoms with E-state index in [1.54, 1.807) is 12.1 Å². The number of amides is 1. The van der Waals surface area contributed by atoms with Gasteiger partial charge in [-0.3, -0.25) is 4.79 Å². The van der Waals surface area contributed by atoms with E-state index in [1.807, 2.05) is 32.0 Å². The second kappa shape index (κ2) is 6.19. The molecule has 20 heavy (non-hydrogen) atoms. The predicted octanol–water partition coefficient (Wildman–Crippen LogP) is 3.46. The summed E-state index contributed by atoms with van der Waals surface area (Å²) in [4.78, 5) is 11.8. The van der Waals surface area contributed by atoms with Crippen molar-refractivity contribution in [3.63, 3.8) is 0 Å². The van der Waals surface area contributed by atoms with Crippen LogP contribution in [0.3, 0.4) is 0 Å². The number of aryl methyl sites for hydroxylation is 2. The lowest BCUT2D eigenvalue weighted by Gasteiger charge is -2.09. The zero-order valence-corrected chi connectivity index (χ0v) is 11.4. The zero-order chi connectivity index (χ0) is 14.5. The SMILES string of the molecule is Cc1cc(C)cc(NC(=O)COc2ccccc2F)c1. The minimum Gasteiger partial charge on any atom is -0.481 e. The van der Waals surface area contributed by atoms with Crippen LogP contribution in [0, 0.1) is 19.7 Å². The number of halogens is 1. The topological polar surface area (TPSA) is 38.3 Å². The summed E-state index contributed by atoms with van der Waals surface area (Å²) < 4.78 is 18.5. The molecule has 2 aromatic carbocycles. The van der Waals surface area contributed by atoms with E-state index in [0.29, 0.717) is 5.69 Å². The Bertz CT molecular complexity index is 605. The molecule has 0 unspecified atom stereocenters. The molecule has 0 aliphatic carbocycles. The van der Waals surface area contributed by atoms with Crippen LogP contribution < -0.4 is 10.1 Å². The molecule has 4 heteroatoms. The first kappa shape index (κ1) is 14.1. The summed E-state index contributed by atoms with van der Waals surface area (Å²) in [5.41, 5.74) is 2.84. The van der Waals surface area contributed by atoms with Crippen molar-refractivity contribution in [1.29, 1.82) is 0 Å². The molecule has 0 saturated carbocycles. The lowest BCUT2D eigenvalue weighted by atomic mass is 10.1. The van der Waals surface area contributed by atoms with E-state index < -0.39 is 5.82 Å². The first-order valence-corrected chi connectivity index (χ1v) is 6.30. The molecule has 1 amide bonds. The summed E-state index contributed by atoms with van der Waals surface area (Å²) in [6.45, 7) is 3.69. The van der Waals surface area contributed by atoms with Crippen molar-refractivity contribution in [2.45, 2.75) is 13.8 Å². The Kier molecular flexibility index (Phi) is 4.35. The van der Waals surface area contributed by atoms with Gasteiger partial charge in [0.1, 0.15) is 0 Å². The summed E-state index contributed by atoms with van der Waals surface area (Å²) in [5, 5.41) is 2.73. The van der Waals surface area contributed by atoms with Crippen molar-refractivity contribution >= 4 is 11.6 Å². The van der Waals surface area contributed by atoms with E-state index in [9.17, 15) is 9.18 Å². The maximum absolute atomic E-state index is 13.3. The van der Waals surface area contributed by atoms with E-state index in [-0.39, 0.29) is 18.3 Å². The van der Waals surface area contributed by atoms with Gasteiger partial charge in [-0.1, -0.05) is 18.2 Å². The third kappa shape index (κ3) is 3.82. The maximum Gasteiger partial charge on any atom is 0.262 e. The van der Waals surface area contributed by atoms with Crippen molar-refractivity contribution in [3.8, 4) is 5.75 Å². The molecule has 1 N–H and O–H groups in total. The van der Waals surface area contributed by atoms with Crippen LogP contribution >= 0.6 is 0 Å². The summed E-state index contributed by atoms with van der Waals surface area (Å²) in [5.74, 6) is -0.729. The van der Waals surface area contributed by atoms with Crippen LogP contribution in [-0.4, -0.2) is 12.5 Å².